The van der Waals surface area contributed by atoms with Gasteiger partial charge in [0.25, 0.3) is 0 Å². The van der Waals surface area contributed by atoms with Crippen LogP contribution in [0.2, 0.25) is 0 Å². The molecule has 0 bridgehead atoms. The molecular formula is C16H32N2O. The third-order valence-corrected chi connectivity index (χ3v) is 3.90. The molecule has 0 radical (unpaired) electrons. The van der Waals surface area contributed by atoms with Gasteiger partial charge in [-0.1, -0.05) is 40.0 Å². The van der Waals surface area contributed by atoms with Crippen molar-refractivity contribution in [1.29, 1.82) is 0 Å². The van der Waals surface area contributed by atoms with Gasteiger partial charge in [-0.2, -0.15) is 0 Å². The number of nitrogens with zero attached hydrogens (tertiary/aromatic N) is 1. The Morgan fingerprint density at radius 1 is 1.21 bits per heavy atom. The highest BCUT2D eigenvalue weighted by atomic mass is 16.1. The zero-order valence-corrected chi connectivity index (χ0v) is 13.3. The fraction of sp³-hybridized carbons (Fsp3) is 0.938. The summed E-state index contributed by atoms with van der Waals surface area (Å²) in [6, 6.07) is 0.777. The number of nitrogens with one attached hydrogen (secondary N) is 1. The Bertz CT molecular complexity index is 264. The van der Waals surface area contributed by atoms with Crippen LogP contribution in [0, 0.1) is 5.41 Å². The van der Waals surface area contributed by atoms with Crippen LogP contribution in [-0.4, -0.2) is 37.0 Å². The highest BCUT2D eigenvalue weighted by Crippen LogP contribution is 2.21. The molecule has 1 N–H and O–H groups in total. The summed E-state index contributed by atoms with van der Waals surface area (Å²) < 4.78 is 0. The van der Waals surface area contributed by atoms with E-state index >= 15 is 0 Å². The van der Waals surface area contributed by atoms with Gasteiger partial charge in [0, 0.05) is 19.0 Å². The van der Waals surface area contributed by atoms with Crippen molar-refractivity contribution in [1.82, 2.24) is 10.2 Å². The highest BCUT2D eigenvalue weighted by Gasteiger charge is 2.18. The molecule has 1 rings (SSSR count). The molecule has 1 fully saturated rings. The lowest BCUT2D eigenvalue weighted by Crippen LogP contribution is -2.36. The Balaban J connectivity index is 2.08. The highest BCUT2D eigenvalue weighted by molar-refractivity contribution is 5.76. The van der Waals surface area contributed by atoms with E-state index in [4.69, 9.17) is 0 Å². The molecule has 0 saturated heterocycles. The van der Waals surface area contributed by atoms with Gasteiger partial charge in [0.2, 0.25) is 5.91 Å². The predicted molar refractivity (Wildman–Crippen MR) is 81.2 cm³/mol. The maximum atomic E-state index is 11.7. The van der Waals surface area contributed by atoms with Gasteiger partial charge in [0.15, 0.2) is 0 Å². The first-order chi connectivity index (χ1) is 8.88. The molecule has 1 saturated carbocycles. The van der Waals surface area contributed by atoms with E-state index in [0.29, 0.717) is 6.42 Å². The normalized spacial score (nSPS) is 17.7. The summed E-state index contributed by atoms with van der Waals surface area (Å²) in [4.78, 5) is 14.2. The monoisotopic (exact) mass is 268 g/mol. The smallest absolute Gasteiger partial charge is 0.220 e. The number of amides is 1. The summed E-state index contributed by atoms with van der Waals surface area (Å²) in [5.74, 6) is 0.188. The van der Waals surface area contributed by atoms with Crippen molar-refractivity contribution in [2.24, 2.45) is 5.41 Å². The molecular weight excluding hydrogens is 236 g/mol. The molecule has 0 aromatic carbocycles. The van der Waals surface area contributed by atoms with E-state index in [-0.39, 0.29) is 11.3 Å². The van der Waals surface area contributed by atoms with Crippen molar-refractivity contribution in [2.75, 3.05) is 20.1 Å². The van der Waals surface area contributed by atoms with Crippen LogP contribution in [0.1, 0.15) is 65.7 Å². The van der Waals surface area contributed by atoms with E-state index < -0.39 is 0 Å². The van der Waals surface area contributed by atoms with Crippen molar-refractivity contribution >= 4 is 5.91 Å². The van der Waals surface area contributed by atoms with Gasteiger partial charge in [-0.25, -0.2) is 0 Å². The lowest BCUT2D eigenvalue weighted by atomic mass is 9.92. The minimum atomic E-state index is 0.0863. The van der Waals surface area contributed by atoms with Gasteiger partial charge >= 0.3 is 0 Å². The summed E-state index contributed by atoms with van der Waals surface area (Å²) in [7, 11) is 2.23. The van der Waals surface area contributed by atoms with Crippen LogP contribution in [-0.2, 0) is 4.79 Å². The van der Waals surface area contributed by atoms with E-state index in [2.05, 4.69) is 38.0 Å². The third-order valence-electron chi connectivity index (χ3n) is 3.90. The number of hydrogen-bond acceptors (Lipinski definition) is 2. The minimum absolute atomic E-state index is 0.0863. The lowest BCUT2D eigenvalue weighted by molar-refractivity contribution is -0.122. The zero-order valence-electron chi connectivity index (χ0n) is 13.3. The topological polar surface area (TPSA) is 32.3 Å². The molecule has 112 valence electrons. The van der Waals surface area contributed by atoms with E-state index in [0.717, 1.165) is 25.6 Å². The van der Waals surface area contributed by atoms with E-state index in [1.54, 1.807) is 0 Å². The first-order valence-corrected chi connectivity index (χ1v) is 7.85. The van der Waals surface area contributed by atoms with E-state index in [9.17, 15) is 4.79 Å². The van der Waals surface area contributed by atoms with Crippen LogP contribution in [0.3, 0.4) is 0 Å². The molecule has 0 unspecified atom stereocenters. The van der Waals surface area contributed by atoms with Gasteiger partial charge < -0.3 is 10.2 Å². The fourth-order valence-electron chi connectivity index (χ4n) is 2.80. The number of carbonyl (C=O) groups excluding carboxylic acids is 1. The maximum absolute atomic E-state index is 11.7. The van der Waals surface area contributed by atoms with Crippen LogP contribution < -0.4 is 5.32 Å². The SMILES string of the molecule is CN(CCCNC(=O)CC(C)(C)C)C1CCCCC1. The van der Waals surface area contributed by atoms with Crippen LogP contribution in [0.15, 0.2) is 0 Å². The standard InChI is InChI=1S/C16H32N2O/c1-16(2,3)13-15(19)17-11-8-12-18(4)14-9-6-5-7-10-14/h14H,5-13H2,1-4H3,(H,17,19). The third kappa shape index (κ3) is 7.56. The zero-order chi connectivity index (χ0) is 14.3. The van der Waals surface area contributed by atoms with Gasteiger partial charge in [-0.3, -0.25) is 4.79 Å². The molecule has 3 heteroatoms. The molecule has 1 aliphatic rings. The van der Waals surface area contributed by atoms with Crippen molar-refractivity contribution in [2.45, 2.75) is 71.8 Å². The molecule has 0 atom stereocenters. The maximum Gasteiger partial charge on any atom is 0.220 e. The second-order valence-electron chi connectivity index (χ2n) is 7.21. The van der Waals surface area contributed by atoms with E-state index in [1.165, 1.54) is 32.1 Å². The predicted octanol–water partition coefficient (Wildman–Crippen LogP) is 3.19. The van der Waals surface area contributed by atoms with Crippen LogP contribution in [0.25, 0.3) is 0 Å². The summed E-state index contributed by atoms with van der Waals surface area (Å²) >= 11 is 0. The van der Waals surface area contributed by atoms with Crippen molar-refractivity contribution in [3.8, 4) is 0 Å². The van der Waals surface area contributed by atoms with Crippen molar-refractivity contribution in [3.63, 3.8) is 0 Å². The molecule has 0 aliphatic heterocycles. The Morgan fingerprint density at radius 2 is 1.84 bits per heavy atom. The van der Waals surface area contributed by atoms with Crippen molar-refractivity contribution in [3.05, 3.63) is 0 Å². The molecule has 0 aromatic rings. The first-order valence-electron chi connectivity index (χ1n) is 7.85. The molecule has 1 aliphatic carbocycles. The molecule has 0 spiro atoms. The average Bonchev–Trinajstić information content (AvgIpc) is 2.33. The van der Waals surface area contributed by atoms with Crippen LogP contribution in [0.5, 0.6) is 0 Å². The van der Waals surface area contributed by atoms with Crippen LogP contribution >= 0.6 is 0 Å². The summed E-state index contributed by atoms with van der Waals surface area (Å²) in [5.41, 5.74) is 0.0863. The number of hydrogen-bond donors (Lipinski definition) is 1. The Morgan fingerprint density at radius 3 is 2.42 bits per heavy atom. The second kappa shape index (κ2) is 7.88. The quantitative estimate of drug-likeness (QED) is 0.750. The molecule has 0 heterocycles. The van der Waals surface area contributed by atoms with Crippen LogP contribution in [0.4, 0.5) is 0 Å². The van der Waals surface area contributed by atoms with E-state index in [1.807, 2.05) is 0 Å². The Kier molecular flexibility index (Phi) is 6.84. The largest absolute Gasteiger partial charge is 0.356 e. The molecule has 19 heavy (non-hydrogen) atoms. The average molecular weight is 268 g/mol. The second-order valence-corrected chi connectivity index (χ2v) is 7.21. The van der Waals surface area contributed by atoms with Crippen molar-refractivity contribution < 1.29 is 4.79 Å². The molecule has 1 amide bonds. The van der Waals surface area contributed by atoms with Gasteiger partial charge in [0.05, 0.1) is 0 Å². The molecule has 3 nitrogen and oxygen atoms in total. The van der Waals surface area contributed by atoms with Gasteiger partial charge in [-0.15, -0.1) is 0 Å². The summed E-state index contributed by atoms with van der Waals surface area (Å²) in [6.45, 7) is 8.21. The first kappa shape index (κ1) is 16.5. The number of carbonyl (C=O) groups is 1. The van der Waals surface area contributed by atoms with Gasteiger partial charge in [0.1, 0.15) is 0 Å². The minimum Gasteiger partial charge on any atom is -0.356 e. The Hall–Kier alpha value is -0.570. The Labute approximate surface area is 119 Å². The number of rotatable bonds is 6. The van der Waals surface area contributed by atoms with Gasteiger partial charge in [-0.05, 0) is 38.3 Å². The molecule has 0 aromatic heterocycles. The fourth-order valence-corrected chi connectivity index (χ4v) is 2.80. The summed E-state index contributed by atoms with van der Waals surface area (Å²) in [6.07, 6.45) is 8.57. The lowest BCUT2D eigenvalue weighted by Gasteiger charge is -2.31. The summed E-state index contributed by atoms with van der Waals surface area (Å²) in [5, 5.41) is 3.03.